The molecule has 3 aromatic rings. The topological polar surface area (TPSA) is 42.0 Å². The van der Waals surface area contributed by atoms with Crippen molar-refractivity contribution in [3.63, 3.8) is 0 Å². The van der Waals surface area contributed by atoms with Gasteiger partial charge in [-0.05, 0) is 43.4 Å². The Morgan fingerprint density at radius 3 is 2.62 bits per heavy atom. The summed E-state index contributed by atoms with van der Waals surface area (Å²) in [5.41, 5.74) is 5.06. The lowest BCUT2D eigenvalue weighted by Gasteiger charge is -2.17. The molecule has 1 aliphatic carbocycles. The van der Waals surface area contributed by atoms with E-state index in [0.29, 0.717) is 0 Å². The number of nitrogens with zero attached hydrogens (tertiary/aromatic N) is 1. The number of amides is 1. The second kappa shape index (κ2) is 6.08. The summed E-state index contributed by atoms with van der Waals surface area (Å²) in [6, 6.07) is 18.0. The molecule has 1 amide bonds. The first-order valence-electron chi connectivity index (χ1n) is 8.50. The number of hydrogen-bond acceptors (Lipinski definition) is 2. The number of fused-ring (bicyclic) bond motifs is 2. The number of carbonyl (C=O) groups excluding carboxylic acids is 1. The van der Waals surface area contributed by atoms with Crippen LogP contribution in [0, 0.1) is 0 Å². The van der Waals surface area contributed by atoms with Crippen LogP contribution in [0.4, 0.5) is 0 Å². The molecular weight excluding hydrogens is 296 g/mol. The second-order valence-electron chi connectivity index (χ2n) is 6.39. The zero-order valence-electron chi connectivity index (χ0n) is 13.8. The van der Waals surface area contributed by atoms with Crippen LogP contribution in [0.25, 0.3) is 10.9 Å². The number of hydrogen-bond donors (Lipinski definition) is 1. The Balaban J connectivity index is 1.74. The van der Waals surface area contributed by atoms with Crippen LogP contribution in [-0.4, -0.2) is 10.9 Å². The van der Waals surface area contributed by atoms with Crippen molar-refractivity contribution in [1.29, 1.82) is 0 Å². The molecule has 120 valence electrons. The van der Waals surface area contributed by atoms with Crippen LogP contribution in [0.2, 0.25) is 0 Å². The predicted octanol–water partition coefficient (Wildman–Crippen LogP) is 4.21. The third-order valence-corrected chi connectivity index (χ3v) is 4.79. The highest BCUT2D eigenvalue weighted by Crippen LogP contribution is 2.30. The summed E-state index contributed by atoms with van der Waals surface area (Å²) in [5.74, 6) is 0.00287. The largest absolute Gasteiger partial charge is 0.345 e. The van der Waals surface area contributed by atoms with Crippen molar-refractivity contribution in [3.05, 3.63) is 77.0 Å². The Labute approximate surface area is 141 Å². The summed E-state index contributed by atoms with van der Waals surface area (Å²) in [6.07, 6.45) is 2.98. The van der Waals surface area contributed by atoms with Crippen LogP contribution in [0.1, 0.15) is 46.6 Å². The molecule has 1 N–H and O–H groups in total. The Morgan fingerprint density at radius 2 is 1.79 bits per heavy atom. The van der Waals surface area contributed by atoms with Crippen molar-refractivity contribution < 1.29 is 4.79 Å². The molecule has 1 heterocycles. The number of para-hydroxylation sites is 1. The Kier molecular flexibility index (Phi) is 3.77. The molecule has 4 rings (SSSR count). The lowest BCUT2D eigenvalue weighted by atomic mass is 9.99. The van der Waals surface area contributed by atoms with E-state index in [1.54, 1.807) is 0 Å². The van der Waals surface area contributed by atoms with Crippen molar-refractivity contribution in [1.82, 2.24) is 10.3 Å². The number of rotatable bonds is 3. The van der Waals surface area contributed by atoms with Gasteiger partial charge in [0.25, 0.3) is 5.91 Å². The molecule has 0 fully saturated rings. The maximum atomic E-state index is 13.1. The van der Waals surface area contributed by atoms with Gasteiger partial charge < -0.3 is 5.32 Å². The molecule has 1 atom stereocenters. The Morgan fingerprint density at radius 1 is 1.04 bits per heavy atom. The van der Waals surface area contributed by atoms with E-state index in [2.05, 4.69) is 5.32 Å². The first kappa shape index (κ1) is 14.9. The Hall–Kier alpha value is -2.68. The molecule has 1 aliphatic rings. The molecule has 24 heavy (non-hydrogen) atoms. The third-order valence-electron chi connectivity index (χ3n) is 4.79. The molecule has 1 aromatic heterocycles. The van der Waals surface area contributed by atoms with E-state index in [1.165, 1.54) is 0 Å². The normalized spacial score (nSPS) is 14.4. The number of benzene rings is 2. The minimum atomic E-state index is -0.0253. The van der Waals surface area contributed by atoms with Crippen LogP contribution >= 0.6 is 0 Å². The van der Waals surface area contributed by atoms with Gasteiger partial charge in [0.05, 0.1) is 17.1 Å². The van der Waals surface area contributed by atoms with Gasteiger partial charge in [0.1, 0.15) is 0 Å². The molecule has 0 saturated carbocycles. The first-order chi connectivity index (χ1) is 11.7. The fraction of sp³-hybridized carbons (Fsp3) is 0.238. The molecule has 0 aliphatic heterocycles. The SMILES string of the molecule is CC(NC(=O)c1c2c(nc3ccccc13)CCC2)c1ccccc1. The molecule has 3 nitrogen and oxygen atoms in total. The van der Waals surface area contributed by atoms with Gasteiger partial charge in [0.15, 0.2) is 0 Å². The molecule has 0 radical (unpaired) electrons. The molecule has 2 aromatic carbocycles. The van der Waals surface area contributed by atoms with Crippen molar-refractivity contribution >= 4 is 16.8 Å². The number of aromatic nitrogens is 1. The van der Waals surface area contributed by atoms with Crippen LogP contribution in [0.3, 0.4) is 0 Å². The smallest absolute Gasteiger partial charge is 0.252 e. The lowest BCUT2D eigenvalue weighted by Crippen LogP contribution is -2.28. The Bertz CT molecular complexity index is 902. The average molecular weight is 316 g/mol. The highest BCUT2D eigenvalue weighted by atomic mass is 16.1. The highest BCUT2D eigenvalue weighted by Gasteiger charge is 2.24. The number of nitrogens with one attached hydrogen (secondary N) is 1. The van der Waals surface area contributed by atoms with E-state index in [4.69, 9.17) is 4.98 Å². The number of aryl methyl sites for hydroxylation is 1. The van der Waals surface area contributed by atoms with E-state index >= 15 is 0 Å². The lowest BCUT2D eigenvalue weighted by molar-refractivity contribution is 0.0940. The zero-order valence-corrected chi connectivity index (χ0v) is 13.8. The summed E-state index contributed by atoms with van der Waals surface area (Å²) < 4.78 is 0. The van der Waals surface area contributed by atoms with Crippen molar-refractivity contribution in [2.75, 3.05) is 0 Å². The van der Waals surface area contributed by atoms with Crippen LogP contribution < -0.4 is 5.32 Å². The van der Waals surface area contributed by atoms with Gasteiger partial charge in [0.2, 0.25) is 0 Å². The summed E-state index contributed by atoms with van der Waals surface area (Å²) in [5, 5.41) is 4.12. The van der Waals surface area contributed by atoms with E-state index in [0.717, 1.165) is 52.5 Å². The molecular formula is C21H20N2O. The summed E-state index contributed by atoms with van der Waals surface area (Å²) in [6.45, 7) is 2.02. The summed E-state index contributed by atoms with van der Waals surface area (Å²) >= 11 is 0. The fourth-order valence-electron chi connectivity index (χ4n) is 3.56. The molecule has 3 heteroatoms. The van der Waals surface area contributed by atoms with Gasteiger partial charge >= 0.3 is 0 Å². The van der Waals surface area contributed by atoms with Gasteiger partial charge in [-0.3, -0.25) is 9.78 Å². The van der Waals surface area contributed by atoms with Gasteiger partial charge in [-0.1, -0.05) is 48.5 Å². The number of pyridine rings is 1. The first-order valence-corrected chi connectivity index (χ1v) is 8.50. The molecule has 0 saturated heterocycles. The van der Waals surface area contributed by atoms with Crippen LogP contribution in [0.15, 0.2) is 54.6 Å². The van der Waals surface area contributed by atoms with E-state index < -0.39 is 0 Å². The highest BCUT2D eigenvalue weighted by molar-refractivity contribution is 6.08. The van der Waals surface area contributed by atoms with E-state index in [1.807, 2.05) is 61.5 Å². The predicted molar refractivity (Wildman–Crippen MR) is 96.1 cm³/mol. The maximum absolute atomic E-state index is 13.1. The third kappa shape index (κ3) is 2.56. The molecule has 0 bridgehead atoms. The van der Waals surface area contributed by atoms with E-state index in [-0.39, 0.29) is 11.9 Å². The standard InChI is InChI=1S/C21H20N2O/c1-14(15-8-3-2-4-9-15)22-21(24)20-16-10-5-6-12-18(16)23-19-13-7-11-17(19)20/h2-6,8-10,12,14H,7,11,13H2,1H3,(H,22,24). The second-order valence-corrected chi connectivity index (χ2v) is 6.39. The zero-order chi connectivity index (χ0) is 16.5. The minimum absolute atomic E-state index is 0.00287. The molecule has 1 unspecified atom stereocenters. The van der Waals surface area contributed by atoms with Gasteiger partial charge in [-0.25, -0.2) is 0 Å². The van der Waals surface area contributed by atoms with Gasteiger partial charge in [-0.15, -0.1) is 0 Å². The maximum Gasteiger partial charge on any atom is 0.252 e. The minimum Gasteiger partial charge on any atom is -0.345 e. The van der Waals surface area contributed by atoms with Crippen molar-refractivity contribution in [3.8, 4) is 0 Å². The van der Waals surface area contributed by atoms with E-state index in [9.17, 15) is 4.79 Å². The van der Waals surface area contributed by atoms with Crippen molar-refractivity contribution in [2.45, 2.75) is 32.2 Å². The van der Waals surface area contributed by atoms with Crippen LogP contribution in [0.5, 0.6) is 0 Å². The van der Waals surface area contributed by atoms with Crippen molar-refractivity contribution in [2.24, 2.45) is 0 Å². The molecule has 0 spiro atoms. The summed E-state index contributed by atoms with van der Waals surface area (Å²) in [7, 11) is 0. The monoisotopic (exact) mass is 316 g/mol. The van der Waals surface area contributed by atoms with Gasteiger partial charge in [0, 0.05) is 11.1 Å². The summed E-state index contributed by atoms with van der Waals surface area (Å²) in [4.78, 5) is 17.8. The number of carbonyl (C=O) groups is 1. The van der Waals surface area contributed by atoms with Crippen LogP contribution in [-0.2, 0) is 12.8 Å². The quantitative estimate of drug-likeness (QED) is 0.786. The fourth-order valence-corrected chi connectivity index (χ4v) is 3.56. The van der Waals surface area contributed by atoms with Gasteiger partial charge in [-0.2, -0.15) is 0 Å². The average Bonchev–Trinajstić information content (AvgIpc) is 3.08.